The molecule has 0 aliphatic carbocycles. The van der Waals surface area contributed by atoms with Gasteiger partial charge in [0.1, 0.15) is 73.0 Å². The van der Waals surface area contributed by atoms with Crippen LogP contribution in [0.5, 0.6) is 28.7 Å². The van der Waals surface area contributed by atoms with E-state index in [-0.39, 0.29) is 117 Å². The van der Waals surface area contributed by atoms with Crippen LogP contribution in [0.3, 0.4) is 0 Å². The van der Waals surface area contributed by atoms with Gasteiger partial charge in [0.25, 0.3) is 0 Å². The number of aliphatic hydroxyl groups is 4. The maximum Gasteiger partial charge on any atom is 0.338 e. The van der Waals surface area contributed by atoms with Crippen molar-refractivity contribution in [1.29, 1.82) is 0 Å². The number of phenolic OH excluding ortho intramolecular Hbond substituents is 5. The van der Waals surface area contributed by atoms with Gasteiger partial charge in [0.2, 0.25) is 0 Å². The van der Waals surface area contributed by atoms with Gasteiger partial charge in [-0.05, 0) is 55.0 Å². The summed E-state index contributed by atoms with van der Waals surface area (Å²) in [5.74, 6) is -3.45. The number of aromatic hydroxyl groups is 5. The number of methoxy groups -OCH3 is 1. The first-order valence-electron chi connectivity index (χ1n) is 20.4. The Kier molecular flexibility index (Phi) is 24.0. The summed E-state index contributed by atoms with van der Waals surface area (Å²) in [6.45, 7) is 9.47. The lowest BCUT2D eigenvalue weighted by atomic mass is 9.96. The van der Waals surface area contributed by atoms with Crippen molar-refractivity contribution in [2.24, 2.45) is 10.8 Å². The highest BCUT2D eigenvalue weighted by Crippen LogP contribution is 2.23. The lowest BCUT2D eigenvalue weighted by Gasteiger charge is -2.25. The van der Waals surface area contributed by atoms with E-state index in [1.807, 2.05) is 27.7 Å². The molecule has 0 amide bonds. The minimum absolute atomic E-state index is 0.0282. The molecule has 0 fully saturated rings. The first-order chi connectivity index (χ1) is 30.5. The highest BCUT2D eigenvalue weighted by atomic mass is 16.6. The van der Waals surface area contributed by atoms with Gasteiger partial charge in [0.15, 0.2) is 0 Å². The normalized spacial score (nSPS) is 13.4. The third kappa shape index (κ3) is 24.0. The van der Waals surface area contributed by atoms with Crippen LogP contribution in [0, 0.1) is 17.8 Å². The molecule has 9 N–H and O–H groups in total. The van der Waals surface area contributed by atoms with Crippen molar-refractivity contribution in [2.75, 3.05) is 86.4 Å². The maximum absolute atomic E-state index is 12.1. The molecule has 20 nitrogen and oxygen atoms in total. The number of esters is 3. The Balaban J connectivity index is 0.000000465. The molecule has 0 aliphatic heterocycles. The van der Waals surface area contributed by atoms with Crippen LogP contribution in [-0.2, 0) is 37.9 Å². The van der Waals surface area contributed by atoms with E-state index in [4.69, 9.17) is 37.9 Å². The predicted octanol–water partition coefficient (Wildman–Crippen LogP) is 2.59. The summed E-state index contributed by atoms with van der Waals surface area (Å²) in [5, 5.41) is 86.6. The van der Waals surface area contributed by atoms with E-state index >= 15 is 0 Å². The van der Waals surface area contributed by atoms with Gasteiger partial charge in [-0.25, -0.2) is 14.4 Å². The molecular formula is C45H64O20. The summed E-state index contributed by atoms with van der Waals surface area (Å²) < 4.78 is 41.7. The van der Waals surface area contributed by atoms with E-state index < -0.39 is 47.7 Å². The van der Waals surface area contributed by atoms with E-state index in [0.29, 0.717) is 18.8 Å². The SMILES string of the molecule is COCC(O)COCC(C)(C)COCC(O)COC(=O)c1cc(O)cc(O)c1.Cc1cc(O)cc(C(=O)OCC(O)COCC(C)(C)COCC(O)COC(=O)c2cc(O)cc(O)c2)c1. The summed E-state index contributed by atoms with van der Waals surface area (Å²) in [7, 11) is 1.50. The van der Waals surface area contributed by atoms with E-state index in [0.717, 1.165) is 36.4 Å². The fourth-order valence-electron chi connectivity index (χ4n) is 5.43. The highest BCUT2D eigenvalue weighted by molar-refractivity contribution is 5.91. The molecule has 3 aromatic carbocycles. The molecule has 0 saturated carbocycles. The minimum atomic E-state index is -1.10. The zero-order chi connectivity index (χ0) is 48.7. The summed E-state index contributed by atoms with van der Waals surface area (Å²) >= 11 is 0. The molecule has 0 heterocycles. The van der Waals surface area contributed by atoms with Crippen molar-refractivity contribution in [2.45, 2.75) is 59.0 Å². The Morgan fingerprint density at radius 2 is 0.692 bits per heavy atom. The summed E-state index contributed by atoms with van der Waals surface area (Å²) in [5.41, 5.74) is -0.0366. The molecule has 364 valence electrons. The number of aryl methyl sites for hydroxylation is 1. The van der Waals surface area contributed by atoms with Gasteiger partial charge < -0.3 is 83.9 Å². The highest BCUT2D eigenvalue weighted by Gasteiger charge is 2.23. The maximum atomic E-state index is 12.1. The molecule has 0 aromatic heterocycles. The second-order valence-electron chi connectivity index (χ2n) is 16.8. The first-order valence-corrected chi connectivity index (χ1v) is 20.4. The van der Waals surface area contributed by atoms with Crippen LogP contribution in [0.1, 0.15) is 64.3 Å². The van der Waals surface area contributed by atoms with Gasteiger partial charge in [0.05, 0.1) is 76.2 Å². The Morgan fingerprint density at radius 3 is 0.969 bits per heavy atom. The molecule has 3 aromatic rings. The number of rotatable bonds is 27. The van der Waals surface area contributed by atoms with Crippen LogP contribution in [0.25, 0.3) is 0 Å². The summed E-state index contributed by atoms with van der Waals surface area (Å²) in [6.07, 6.45) is -3.87. The van der Waals surface area contributed by atoms with Gasteiger partial charge in [-0.1, -0.05) is 27.7 Å². The lowest BCUT2D eigenvalue weighted by molar-refractivity contribution is -0.0621. The average Bonchev–Trinajstić information content (AvgIpc) is 3.20. The van der Waals surface area contributed by atoms with Gasteiger partial charge in [-0.15, -0.1) is 0 Å². The van der Waals surface area contributed by atoms with Crippen LogP contribution in [0.15, 0.2) is 54.6 Å². The zero-order valence-electron chi connectivity index (χ0n) is 37.5. The largest absolute Gasteiger partial charge is 0.508 e. The third-order valence-electron chi connectivity index (χ3n) is 8.37. The Morgan fingerprint density at radius 1 is 0.431 bits per heavy atom. The fraction of sp³-hybridized carbons (Fsp3) is 0.533. The summed E-state index contributed by atoms with van der Waals surface area (Å²) in [4.78, 5) is 35.9. The molecule has 20 heteroatoms. The van der Waals surface area contributed by atoms with Crippen LogP contribution in [0.4, 0.5) is 0 Å². The molecule has 0 bridgehead atoms. The van der Waals surface area contributed by atoms with Gasteiger partial charge in [-0.3, -0.25) is 0 Å². The minimum Gasteiger partial charge on any atom is -0.508 e. The smallest absolute Gasteiger partial charge is 0.338 e. The van der Waals surface area contributed by atoms with E-state index in [1.54, 1.807) is 13.0 Å². The molecule has 3 rings (SSSR count). The van der Waals surface area contributed by atoms with Crippen molar-refractivity contribution in [3.8, 4) is 28.7 Å². The monoisotopic (exact) mass is 924 g/mol. The number of hydrogen-bond acceptors (Lipinski definition) is 20. The van der Waals surface area contributed by atoms with Gasteiger partial charge >= 0.3 is 17.9 Å². The third-order valence-corrected chi connectivity index (χ3v) is 8.37. The predicted molar refractivity (Wildman–Crippen MR) is 230 cm³/mol. The number of carbonyl (C=O) groups is 3. The number of ether oxygens (including phenoxy) is 8. The van der Waals surface area contributed by atoms with E-state index in [2.05, 4.69) is 0 Å². The Bertz CT molecular complexity index is 1770. The Hall–Kier alpha value is -5.29. The molecule has 0 saturated heterocycles. The molecular weight excluding hydrogens is 860 g/mol. The number of carbonyl (C=O) groups excluding carboxylic acids is 3. The standard InChI is InChI=1S/C26H34O11.C19H30O9/c1-16-4-17(6-19(27)5-16)24(32)36-12-22(30)10-34-14-26(2,3)15-35-11-23(31)13-37-25(33)18-7-20(28)9-21(29)8-18;1-19(2,11-26-8-16(22)7-25-3)12-27-9-17(23)10-28-18(24)13-4-14(20)6-15(21)5-13/h4-9,22-23,27-31H,10-15H2,1-3H3;4-6,16-17,20-23H,7-12H2,1-3H3. The van der Waals surface area contributed by atoms with Crippen LogP contribution in [-0.4, -0.2) is 175 Å². The molecule has 65 heavy (non-hydrogen) atoms. The van der Waals surface area contributed by atoms with Crippen LogP contribution in [0.2, 0.25) is 0 Å². The Labute approximate surface area is 377 Å². The number of benzene rings is 3. The van der Waals surface area contributed by atoms with Crippen LogP contribution >= 0.6 is 0 Å². The molecule has 4 atom stereocenters. The molecule has 4 unspecified atom stereocenters. The average molecular weight is 925 g/mol. The molecule has 0 spiro atoms. The summed E-state index contributed by atoms with van der Waals surface area (Å²) in [6, 6.07) is 11.1. The number of hydrogen-bond donors (Lipinski definition) is 9. The van der Waals surface area contributed by atoms with Crippen molar-refractivity contribution in [3.63, 3.8) is 0 Å². The fourth-order valence-corrected chi connectivity index (χ4v) is 5.43. The second kappa shape index (κ2) is 27.9. The molecule has 0 aliphatic rings. The van der Waals surface area contributed by atoms with Gasteiger partial charge in [-0.2, -0.15) is 0 Å². The van der Waals surface area contributed by atoms with Crippen LogP contribution < -0.4 is 0 Å². The van der Waals surface area contributed by atoms with Crippen molar-refractivity contribution < 1.29 is 98.2 Å². The first kappa shape index (κ1) is 55.8. The van der Waals surface area contributed by atoms with Crippen molar-refractivity contribution in [1.82, 2.24) is 0 Å². The van der Waals surface area contributed by atoms with Crippen molar-refractivity contribution >= 4 is 17.9 Å². The quantitative estimate of drug-likeness (QED) is 0.0392. The zero-order valence-corrected chi connectivity index (χ0v) is 37.5. The van der Waals surface area contributed by atoms with Crippen molar-refractivity contribution in [3.05, 3.63) is 76.9 Å². The van der Waals surface area contributed by atoms with Gasteiger partial charge in [0, 0.05) is 30.1 Å². The number of aliphatic hydroxyl groups excluding tert-OH is 4. The van der Waals surface area contributed by atoms with E-state index in [9.17, 15) is 60.3 Å². The molecule has 0 radical (unpaired) electrons. The van der Waals surface area contributed by atoms with E-state index in [1.165, 1.54) is 19.2 Å². The lowest BCUT2D eigenvalue weighted by Crippen LogP contribution is -2.32. The topological polar surface area (TPSA) is 307 Å². The number of phenols is 5. The second-order valence-corrected chi connectivity index (χ2v) is 16.8.